The number of nitrogens with zero attached hydrogens (tertiary/aromatic N) is 1. The average Bonchev–Trinajstić information content (AvgIpc) is 2.96. The van der Waals surface area contributed by atoms with E-state index in [2.05, 4.69) is 15.4 Å². The molecule has 0 aromatic heterocycles. The molecule has 210 valence electrons. The lowest BCUT2D eigenvalue weighted by Gasteiger charge is -2.26. The van der Waals surface area contributed by atoms with Crippen molar-refractivity contribution < 1.29 is 38.2 Å². The highest BCUT2D eigenvalue weighted by Crippen LogP contribution is 2.30. The van der Waals surface area contributed by atoms with Crippen LogP contribution in [0.3, 0.4) is 0 Å². The van der Waals surface area contributed by atoms with E-state index in [1.807, 2.05) is 26.0 Å². The lowest BCUT2D eigenvalue weighted by atomic mass is 10.1. The van der Waals surface area contributed by atoms with Gasteiger partial charge in [0.1, 0.15) is 5.57 Å². The number of aryl methyl sites for hydroxylation is 2. The van der Waals surface area contributed by atoms with Gasteiger partial charge >= 0.3 is 12.0 Å². The van der Waals surface area contributed by atoms with Gasteiger partial charge in [-0.2, -0.15) is 0 Å². The normalized spacial score (nSPS) is 14.0. The van der Waals surface area contributed by atoms with Crippen molar-refractivity contribution in [1.29, 1.82) is 0 Å². The number of carbonyl (C=O) groups is 5. The third-order valence-electron chi connectivity index (χ3n) is 6.30. The van der Waals surface area contributed by atoms with Gasteiger partial charge in [-0.25, -0.2) is 14.5 Å². The van der Waals surface area contributed by atoms with E-state index < -0.39 is 23.8 Å². The monoisotopic (exact) mass is 557 g/mol. The molecule has 0 spiro atoms. The molecule has 2 N–H and O–H groups in total. The molecule has 11 nitrogen and oxygen atoms in total. The number of amides is 5. The lowest BCUT2D eigenvalue weighted by molar-refractivity contribution is -0.122. The molecule has 0 bridgehead atoms. The van der Waals surface area contributed by atoms with E-state index in [1.165, 1.54) is 56.7 Å². The number of hydrogen-bond donors (Lipinski definition) is 2. The number of methoxy groups -OCH3 is 2. The summed E-state index contributed by atoms with van der Waals surface area (Å²) in [4.78, 5) is 63.1. The Morgan fingerprint density at radius 3 is 2.29 bits per heavy atom. The fraction of sp³-hybridized carbons (Fsp3) is 0.167. The quantitative estimate of drug-likeness (QED) is 0.242. The molecule has 1 aliphatic rings. The largest absolute Gasteiger partial charge is 0.493 e. The van der Waals surface area contributed by atoms with Crippen LogP contribution in [0.5, 0.6) is 11.5 Å². The summed E-state index contributed by atoms with van der Waals surface area (Å²) >= 11 is 0. The Morgan fingerprint density at radius 2 is 1.63 bits per heavy atom. The molecular formula is C30H27N3O8. The van der Waals surface area contributed by atoms with Crippen LogP contribution in [0, 0.1) is 13.8 Å². The summed E-state index contributed by atoms with van der Waals surface area (Å²) in [5.74, 6) is -2.14. The topological polar surface area (TPSA) is 140 Å². The molecule has 1 heterocycles. The number of carbonyl (C=O) groups excluding carboxylic acids is 5. The molecule has 41 heavy (non-hydrogen) atoms. The van der Waals surface area contributed by atoms with Crippen LogP contribution in [-0.2, 0) is 19.1 Å². The number of rotatable bonds is 8. The molecule has 1 saturated heterocycles. The van der Waals surface area contributed by atoms with E-state index in [0.717, 1.165) is 16.0 Å². The summed E-state index contributed by atoms with van der Waals surface area (Å²) < 4.78 is 15.7. The van der Waals surface area contributed by atoms with Gasteiger partial charge in [0.25, 0.3) is 17.7 Å². The van der Waals surface area contributed by atoms with Crippen LogP contribution in [0.15, 0.2) is 66.2 Å². The number of imide groups is 2. The first kappa shape index (κ1) is 28.6. The summed E-state index contributed by atoms with van der Waals surface area (Å²) in [6.07, 6.45) is 1.30. The van der Waals surface area contributed by atoms with Gasteiger partial charge in [0.05, 0.1) is 25.5 Å². The van der Waals surface area contributed by atoms with Crippen molar-refractivity contribution in [2.75, 3.05) is 31.0 Å². The Labute approximate surface area is 235 Å². The predicted octanol–water partition coefficient (Wildman–Crippen LogP) is 3.78. The molecule has 11 heteroatoms. The molecule has 0 saturated carbocycles. The Balaban J connectivity index is 1.50. The average molecular weight is 558 g/mol. The zero-order valence-corrected chi connectivity index (χ0v) is 22.8. The minimum atomic E-state index is -0.927. The molecule has 0 radical (unpaired) electrons. The van der Waals surface area contributed by atoms with E-state index in [0.29, 0.717) is 11.3 Å². The molecule has 0 atom stereocenters. The molecule has 0 aliphatic carbocycles. The summed E-state index contributed by atoms with van der Waals surface area (Å²) in [6.45, 7) is 3.65. The van der Waals surface area contributed by atoms with E-state index in [4.69, 9.17) is 9.47 Å². The second-order valence-electron chi connectivity index (χ2n) is 9.04. The fourth-order valence-electron chi connectivity index (χ4n) is 3.98. The van der Waals surface area contributed by atoms with Crippen LogP contribution >= 0.6 is 0 Å². The van der Waals surface area contributed by atoms with Crippen LogP contribution in [0.2, 0.25) is 0 Å². The standard InChI is InChI=1S/C30H27N3O8/c1-17-5-9-21(13-18(17)2)31-26(34)16-41-24-12-6-19(15-25(24)39-3)14-23-27(35)32-30(38)33(28(23)36)22-10-7-20(8-11-22)29(37)40-4/h5-15H,16H2,1-4H3,(H,31,34)(H,32,35,38)/b23-14-. The molecule has 3 aromatic rings. The number of hydrogen-bond acceptors (Lipinski definition) is 8. The number of ether oxygens (including phenoxy) is 3. The smallest absolute Gasteiger partial charge is 0.337 e. The Morgan fingerprint density at radius 1 is 0.902 bits per heavy atom. The molecule has 3 aromatic carbocycles. The second kappa shape index (κ2) is 12.2. The first-order chi connectivity index (χ1) is 19.6. The number of barbiturate groups is 1. The molecule has 0 unspecified atom stereocenters. The molecule has 4 rings (SSSR count). The fourth-order valence-corrected chi connectivity index (χ4v) is 3.98. The first-order valence-electron chi connectivity index (χ1n) is 12.4. The number of nitrogens with one attached hydrogen (secondary N) is 2. The SMILES string of the molecule is COC(=O)c1ccc(N2C(=O)NC(=O)/C(=C/c3ccc(OCC(=O)Nc4ccc(C)c(C)c4)c(OC)c3)C2=O)cc1. The maximum atomic E-state index is 13.2. The molecular weight excluding hydrogens is 530 g/mol. The summed E-state index contributed by atoms with van der Waals surface area (Å²) in [5.41, 5.74) is 3.29. The van der Waals surface area contributed by atoms with E-state index >= 15 is 0 Å². The summed E-state index contributed by atoms with van der Waals surface area (Å²) in [5, 5.41) is 4.92. The van der Waals surface area contributed by atoms with Gasteiger partial charge in [-0.05, 0) is 85.1 Å². The number of esters is 1. The molecule has 5 amide bonds. The van der Waals surface area contributed by atoms with Crippen molar-refractivity contribution in [2.24, 2.45) is 0 Å². The van der Waals surface area contributed by atoms with Crippen LogP contribution in [0.4, 0.5) is 16.2 Å². The maximum absolute atomic E-state index is 13.2. The van der Waals surface area contributed by atoms with Crippen molar-refractivity contribution in [3.63, 3.8) is 0 Å². The van der Waals surface area contributed by atoms with Crippen LogP contribution in [-0.4, -0.2) is 50.5 Å². The van der Waals surface area contributed by atoms with Gasteiger partial charge in [0, 0.05) is 5.69 Å². The minimum absolute atomic E-state index is 0.152. The Kier molecular flexibility index (Phi) is 8.47. The van der Waals surface area contributed by atoms with Gasteiger partial charge in [-0.3, -0.25) is 19.7 Å². The van der Waals surface area contributed by atoms with Crippen molar-refractivity contribution in [2.45, 2.75) is 13.8 Å². The van der Waals surface area contributed by atoms with E-state index in [-0.39, 0.29) is 40.8 Å². The van der Waals surface area contributed by atoms with Crippen molar-refractivity contribution in [3.05, 3.63) is 88.5 Å². The third kappa shape index (κ3) is 6.41. The van der Waals surface area contributed by atoms with Crippen molar-refractivity contribution in [3.8, 4) is 11.5 Å². The highest BCUT2D eigenvalue weighted by atomic mass is 16.5. The number of benzene rings is 3. The second-order valence-corrected chi connectivity index (χ2v) is 9.04. The first-order valence-corrected chi connectivity index (χ1v) is 12.4. The lowest BCUT2D eigenvalue weighted by Crippen LogP contribution is -2.54. The maximum Gasteiger partial charge on any atom is 0.337 e. The Bertz CT molecular complexity index is 1580. The number of anilines is 2. The van der Waals surface area contributed by atoms with Gasteiger partial charge in [0.15, 0.2) is 18.1 Å². The zero-order chi connectivity index (χ0) is 29.7. The van der Waals surface area contributed by atoms with Crippen molar-refractivity contribution in [1.82, 2.24) is 5.32 Å². The van der Waals surface area contributed by atoms with Gasteiger partial charge < -0.3 is 19.5 Å². The van der Waals surface area contributed by atoms with Gasteiger partial charge in [0.2, 0.25) is 0 Å². The predicted molar refractivity (Wildman–Crippen MR) is 150 cm³/mol. The molecule has 1 fully saturated rings. The Hall–Kier alpha value is -5.45. The molecule has 1 aliphatic heterocycles. The summed E-state index contributed by atoms with van der Waals surface area (Å²) in [7, 11) is 2.64. The van der Waals surface area contributed by atoms with E-state index in [1.54, 1.807) is 12.1 Å². The third-order valence-corrected chi connectivity index (χ3v) is 6.30. The van der Waals surface area contributed by atoms with Crippen molar-refractivity contribution >= 4 is 47.2 Å². The zero-order valence-electron chi connectivity index (χ0n) is 22.8. The minimum Gasteiger partial charge on any atom is -0.493 e. The van der Waals surface area contributed by atoms with Crippen LogP contribution in [0.25, 0.3) is 6.08 Å². The highest BCUT2D eigenvalue weighted by molar-refractivity contribution is 6.39. The van der Waals surface area contributed by atoms with Crippen LogP contribution in [0.1, 0.15) is 27.0 Å². The van der Waals surface area contributed by atoms with Crippen LogP contribution < -0.4 is 25.0 Å². The van der Waals surface area contributed by atoms with Gasteiger partial charge in [-0.15, -0.1) is 0 Å². The van der Waals surface area contributed by atoms with Gasteiger partial charge in [-0.1, -0.05) is 12.1 Å². The highest BCUT2D eigenvalue weighted by Gasteiger charge is 2.37. The van der Waals surface area contributed by atoms with E-state index in [9.17, 15) is 24.0 Å². The summed E-state index contributed by atoms with van der Waals surface area (Å²) in [6, 6.07) is 14.9. The number of urea groups is 1.